The predicted octanol–water partition coefficient (Wildman–Crippen LogP) is 3.15. The predicted molar refractivity (Wildman–Crippen MR) is 109 cm³/mol. The van der Waals surface area contributed by atoms with Crippen LogP contribution < -0.4 is 9.47 Å². The fourth-order valence-corrected chi connectivity index (χ4v) is 3.52. The Bertz CT molecular complexity index is 1160. The highest BCUT2D eigenvalue weighted by molar-refractivity contribution is 6.41. The van der Waals surface area contributed by atoms with E-state index in [9.17, 15) is 19.2 Å². The molecular formula is C23H20O8. The van der Waals surface area contributed by atoms with Gasteiger partial charge in [0.2, 0.25) is 5.78 Å². The molecule has 0 radical (unpaired) electrons. The molecule has 1 aliphatic carbocycles. The van der Waals surface area contributed by atoms with Gasteiger partial charge in [-0.2, -0.15) is 0 Å². The fourth-order valence-electron chi connectivity index (χ4n) is 3.52. The van der Waals surface area contributed by atoms with E-state index in [1.165, 1.54) is 52.5 Å². The summed E-state index contributed by atoms with van der Waals surface area (Å²) in [5, 5.41) is 0. The van der Waals surface area contributed by atoms with Gasteiger partial charge in [0.15, 0.2) is 11.5 Å². The Morgan fingerprint density at radius 1 is 0.871 bits per heavy atom. The topological polar surface area (TPSA) is 105 Å². The summed E-state index contributed by atoms with van der Waals surface area (Å²) in [4.78, 5) is 50.8. The number of hydrogen-bond donors (Lipinski definition) is 0. The van der Waals surface area contributed by atoms with Gasteiger partial charge in [0.05, 0.1) is 38.0 Å². The first-order chi connectivity index (χ1) is 14.7. The summed E-state index contributed by atoms with van der Waals surface area (Å²) in [6, 6.07) is 7.51. The second-order valence-electron chi connectivity index (χ2n) is 6.72. The van der Waals surface area contributed by atoms with Crippen LogP contribution in [0.25, 0.3) is 5.57 Å². The Hall–Kier alpha value is -3.94. The highest BCUT2D eigenvalue weighted by Crippen LogP contribution is 2.41. The summed E-state index contributed by atoms with van der Waals surface area (Å²) in [7, 11) is 3.83. The summed E-state index contributed by atoms with van der Waals surface area (Å²) < 4.78 is 20.7. The van der Waals surface area contributed by atoms with Crippen LogP contribution in [0.5, 0.6) is 11.5 Å². The van der Waals surface area contributed by atoms with Crippen LogP contribution in [0.15, 0.2) is 36.1 Å². The van der Waals surface area contributed by atoms with Crippen molar-refractivity contribution in [2.45, 2.75) is 13.8 Å². The molecule has 0 aliphatic heterocycles. The number of allylic oxidation sites excluding steroid dienone is 2. The van der Waals surface area contributed by atoms with Crippen molar-refractivity contribution in [1.29, 1.82) is 0 Å². The normalized spacial score (nSPS) is 12.9. The molecule has 8 heteroatoms. The summed E-state index contributed by atoms with van der Waals surface area (Å²) >= 11 is 0. The van der Waals surface area contributed by atoms with Gasteiger partial charge in [-0.05, 0) is 30.7 Å². The lowest BCUT2D eigenvalue weighted by molar-refractivity contribution is -0.131. The molecule has 31 heavy (non-hydrogen) atoms. The maximum atomic E-state index is 13.5. The molecule has 160 valence electrons. The van der Waals surface area contributed by atoms with Crippen molar-refractivity contribution >= 4 is 29.1 Å². The van der Waals surface area contributed by atoms with E-state index in [1.54, 1.807) is 13.0 Å². The van der Waals surface area contributed by atoms with Crippen molar-refractivity contribution in [3.05, 3.63) is 63.9 Å². The quantitative estimate of drug-likeness (QED) is 0.532. The van der Waals surface area contributed by atoms with Crippen molar-refractivity contribution in [3.8, 4) is 11.5 Å². The van der Waals surface area contributed by atoms with Crippen LogP contribution in [-0.2, 0) is 14.3 Å². The van der Waals surface area contributed by atoms with Crippen molar-refractivity contribution in [1.82, 2.24) is 0 Å². The molecule has 0 saturated carbocycles. The van der Waals surface area contributed by atoms with E-state index in [-0.39, 0.29) is 45.1 Å². The Morgan fingerprint density at radius 2 is 1.58 bits per heavy atom. The molecule has 0 aromatic heterocycles. The van der Waals surface area contributed by atoms with E-state index >= 15 is 0 Å². The highest BCUT2D eigenvalue weighted by Gasteiger charge is 2.39. The number of benzene rings is 2. The summed E-state index contributed by atoms with van der Waals surface area (Å²) in [6.45, 7) is 2.94. The lowest BCUT2D eigenvalue weighted by Crippen LogP contribution is -2.25. The smallest absolute Gasteiger partial charge is 0.338 e. The average Bonchev–Trinajstić information content (AvgIpc) is 2.74. The Labute approximate surface area is 178 Å². The van der Waals surface area contributed by atoms with E-state index in [2.05, 4.69) is 0 Å². The first-order valence-corrected chi connectivity index (χ1v) is 9.21. The minimum Gasteiger partial charge on any atom is -0.496 e. The number of carbonyl (C=O) groups excluding carboxylic acids is 4. The molecular weight excluding hydrogens is 404 g/mol. The van der Waals surface area contributed by atoms with E-state index in [0.717, 1.165) is 0 Å². The number of rotatable bonds is 5. The summed E-state index contributed by atoms with van der Waals surface area (Å²) in [6.07, 6.45) is 0. The number of hydrogen-bond acceptors (Lipinski definition) is 8. The molecule has 0 bridgehead atoms. The van der Waals surface area contributed by atoms with Gasteiger partial charge in [0, 0.05) is 18.1 Å². The number of ether oxygens (including phenoxy) is 4. The van der Waals surface area contributed by atoms with Crippen LogP contribution in [0.4, 0.5) is 0 Å². The zero-order chi connectivity index (χ0) is 22.9. The van der Waals surface area contributed by atoms with Gasteiger partial charge in [0.1, 0.15) is 11.5 Å². The van der Waals surface area contributed by atoms with E-state index in [1.807, 2.05) is 0 Å². The van der Waals surface area contributed by atoms with Crippen LogP contribution in [0.3, 0.4) is 0 Å². The zero-order valence-electron chi connectivity index (χ0n) is 17.7. The number of fused-ring (bicyclic) bond motifs is 1. The molecule has 0 fully saturated rings. The Kier molecular flexibility index (Phi) is 5.92. The molecule has 1 aliphatic rings. The van der Waals surface area contributed by atoms with Crippen LogP contribution >= 0.6 is 0 Å². The van der Waals surface area contributed by atoms with E-state index < -0.39 is 23.5 Å². The molecule has 2 aromatic rings. The number of aryl methyl sites for hydroxylation is 1. The first kappa shape index (κ1) is 21.8. The molecule has 3 rings (SSSR count). The van der Waals surface area contributed by atoms with Crippen molar-refractivity contribution in [3.63, 3.8) is 0 Å². The molecule has 0 saturated heterocycles. The largest absolute Gasteiger partial charge is 0.496 e. The molecule has 2 aromatic carbocycles. The average molecular weight is 424 g/mol. The maximum absolute atomic E-state index is 13.5. The number of ketones is 2. The Morgan fingerprint density at radius 3 is 2.16 bits per heavy atom. The monoisotopic (exact) mass is 424 g/mol. The van der Waals surface area contributed by atoms with Gasteiger partial charge in [-0.1, -0.05) is 12.1 Å². The van der Waals surface area contributed by atoms with Crippen molar-refractivity contribution < 1.29 is 38.1 Å². The molecule has 0 atom stereocenters. The standard InChI is InChI=1S/C23H20O8/c1-11-9-14(23(27)30-5)17(16(10-11)28-3)19-20(25)13-7-6-8-15(31-12(2)24)18(13)21(26)22(19)29-4/h6-10H,1-5H3. The summed E-state index contributed by atoms with van der Waals surface area (Å²) in [5.74, 6) is -2.76. The number of esters is 2. The van der Waals surface area contributed by atoms with Crippen molar-refractivity contribution in [2.24, 2.45) is 0 Å². The minimum atomic E-state index is -0.709. The summed E-state index contributed by atoms with van der Waals surface area (Å²) in [5.41, 5.74) is 0.597. The van der Waals surface area contributed by atoms with Gasteiger partial charge < -0.3 is 18.9 Å². The lowest BCUT2D eigenvalue weighted by Gasteiger charge is -2.24. The molecule has 0 unspecified atom stereocenters. The van der Waals surface area contributed by atoms with Crippen LogP contribution in [0.2, 0.25) is 0 Å². The van der Waals surface area contributed by atoms with Gasteiger partial charge in [0.25, 0.3) is 0 Å². The van der Waals surface area contributed by atoms with Crippen LogP contribution in [0.1, 0.15) is 49.1 Å². The zero-order valence-corrected chi connectivity index (χ0v) is 17.7. The van der Waals surface area contributed by atoms with Crippen LogP contribution in [0, 0.1) is 6.92 Å². The second kappa shape index (κ2) is 8.43. The third kappa shape index (κ3) is 3.68. The van der Waals surface area contributed by atoms with Crippen LogP contribution in [-0.4, -0.2) is 44.8 Å². The molecule has 0 amide bonds. The van der Waals surface area contributed by atoms with Crippen molar-refractivity contribution in [2.75, 3.05) is 21.3 Å². The number of Topliss-reactive ketones (excluding diaryl/α,β-unsaturated/α-hetero) is 2. The Balaban J connectivity index is 2.38. The van der Waals surface area contributed by atoms with Gasteiger partial charge in [-0.15, -0.1) is 0 Å². The molecule has 0 heterocycles. The number of carbonyl (C=O) groups is 4. The van der Waals surface area contributed by atoms with E-state index in [4.69, 9.17) is 18.9 Å². The molecule has 0 spiro atoms. The highest BCUT2D eigenvalue weighted by atomic mass is 16.5. The number of methoxy groups -OCH3 is 3. The van der Waals surface area contributed by atoms with Gasteiger partial charge >= 0.3 is 11.9 Å². The first-order valence-electron chi connectivity index (χ1n) is 9.21. The maximum Gasteiger partial charge on any atom is 0.338 e. The SMILES string of the molecule is COC(=O)c1cc(C)cc(OC)c1C1=C(OC)C(=O)c2c(OC(C)=O)cccc2C1=O. The third-order valence-corrected chi connectivity index (χ3v) is 4.74. The van der Waals surface area contributed by atoms with Gasteiger partial charge in [-0.25, -0.2) is 4.79 Å². The molecule has 8 nitrogen and oxygen atoms in total. The lowest BCUT2D eigenvalue weighted by atomic mass is 9.82. The second-order valence-corrected chi connectivity index (χ2v) is 6.72. The molecule has 0 N–H and O–H groups in total. The fraction of sp³-hybridized carbons (Fsp3) is 0.217. The minimum absolute atomic E-state index is 0.0120. The third-order valence-electron chi connectivity index (χ3n) is 4.74. The van der Waals surface area contributed by atoms with E-state index in [0.29, 0.717) is 5.56 Å². The van der Waals surface area contributed by atoms with Gasteiger partial charge in [-0.3, -0.25) is 14.4 Å².